The maximum absolute atomic E-state index is 10.2. The van der Waals surface area contributed by atoms with Crippen molar-refractivity contribution >= 4 is 19.7 Å². The molecule has 0 fully saturated rings. The van der Waals surface area contributed by atoms with E-state index in [0.717, 1.165) is 0 Å². The van der Waals surface area contributed by atoms with E-state index in [0.29, 0.717) is 6.42 Å². The Morgan fingerprint density at radius 3 is 2.44 bits per heavy atom. The van der Waals surface area contributed by atoms with Gasteiger partial charge in [0, 0.05) is 17.1 Å². The molecule has 0 aromatic carbocycles. The quantitative estimate of drug-likeness (QED) is 0.355. The number of hydrogen-bond donors (Lipinski definition) is 0. The van der Waals surface area contributed by atoms with Gasteiger partial charge in [-0.15, -0.1) is 0 Å². The summed E-state index contributed by atoms with van der Waals surface area (Å²) in [6, 6.07) is 0. The van der Waals surface area contributed by atoms with Crippen LogP contribution in [0.15, 0.2) is 0 Å². The third kappa shape index (κ3) is 7.73. The lowest BCUT2D eigenvalue weighted by Crippen LogP contribution is -1.97. The summed E-state index contributed by atoms with van der Waals surface area (Å²) in [6.07, 6.45) is 0.329. The average molecular weight is 168 g/mol. The van der Waals surface area contributed by atoms with Gasteiger partial charge in [-0.25, -0.2) is 15.0 Å². The van der Waals surface area contributed by atoms with Crippen LogP contribution >= 0.6 is 10.7 Å². The molecule has 0 N–H and O–H groups in total. The Kier molecular flexibility index (Phi) is 3.59. The van der Waals surface area contributed by atoms with Gasteiger partial charge in [0.25, 0.3) is 0 Å². The van der Waals surface area contributed by atoms with E-state index in [-0.39, 0.29) is 12.3 Å². The molecule has 0 aliphatic rings. The van der Waals surface area contributed by atoms with E-state index >= 15 is 0 Å². The Balaban J connectivity index is 3.44. The Hall–Kier alpha value is -0.270. The number of halogens is 1. The first-order valence-corrected chi connectivity index (χ1v) is 4.79. The molecular weight excluding hydrogens is 162 g/mol. The smallest absolute Gasteiger partial charge is 0.232 e. The summed E-state index contributed by atoms with van der Waals surface area (Å²) in [5.74, 6) is -0.100. The fourth-order valence-corrected chi connectivity index (χ4v) is 1.12. The van der Waals surface area contributed by atoms with Gasteiger partial charge in [-0.05, 0) is 0 Å². The Bertz CT molecular complexity index is 203. The second-order valence-electron chi connectivity index (χ2n) is 1.48. The molecule has 0 aliphatic carbocycles. The molecule has 0 bridgehead atoms. The van der Waals surface area contributed by atoms with E-state index in [1.165, 1.54) is 0 Å². The van der Waals surface area contributed by atoms with Crippen LogP contribution in [0.2, 0.25) is 0 Å². The number of hydrogen-bond acceptors (Lipinski definition) is 2. The normalized spacial score (nSPS) is 10.7. The Morgan fingerprint density at radius 1 is 1.56 bits per heavy atom. The molecule has 0 spiro atoms. The van der Waals surface area contributed by atoms with Crippen LogP contribution in [0.1, 0.15) is 6.42 Å². The number of rotatable bonds is 3. The van der Waals surface area contributed by atoms with Crippen molar-refractivity contribution in [3.05, 3.63) is 11.4 Å². The van der Waals surface area contributed by atoms with Gasteiger partial charge in [-0.3, -0.25) is 0 Å². The monoisotopic (exact) mass is 167 g/mol. The van der Waals surface area contributed by atoms with E-state index < -0.39 is 9.05 Å². The maximum atomic E-state index is 10.2. The summed E-state index contributed by atoms with van der Waals surface area (Å²) in [4.78, 5) is 2.97. The lowest BCUT2D eigenvalue weighted by Gasteiger charge is -1.86. The first-order chi connectivity index (χ1) is 4.06. The van der Waals surface area contributed by atoms with Gasteiger partial charge in [-0.2, -0.15) is 0 Å². The van der Waals surface area contributed by atoms with Gasteiger partial charge >= 0.3 is 0 Å². The van der Waals surface area contributed by atoms with Gasteiger partial charge in [0.15, 0.2) is 0 Å². The highest BCUT2D eigenvalue weighted by Gasteiger charge is 2.04. The molecule has 0 aromatic rings. The van der Waals surface area contributed by atoms with Crippen LogP contribution in [0.3, 0.4) is 0 Å². The zero-order valence-electron chi connectivity index (χ0n) is 4.67. The van der Waals surface area contributed by atoms with Crippen molar-refractivity contribution in [3.8, 4) is 0 Å². The van der Waals surface area contributed by atoms with Gasteiger partial charge < -0.3 is 4.85 Å². The van der Waals surface area contributed by atoms with Crippen molar-refractivity contribution in [2.75, 3.05) is 12.3 Å². The fourth-order valence-electron chi connectivity index (χ4n) is 0.316. The second-order valence-corrected chi connectivity index (χ2v) is 4.37. The Labute approximate surface area is 58.9 Å². The van der Waals surface area contributed by atoms with Crippen LogP contribution < -0.4 is 0 Å². The molecule has 0 heterocycles. The van der Waals surface area contributed by atoms with Crippen molar-refractivity contribution in [1.29, 1.82) is 0 Å². The van der Waals surface area contributed by atoms with Crippen molar-refractivity contribution in [1.82, 2.24) is 0 Å². The lowest BCUT2D eigenvalue weighted by atomic mass is 10.5. The van der Waals surface area contributed by atoms with Crippen LogP contribution in [0.25, 0.3) is 4.85 Å². The standard InChI is InChI=1S/C4H6ClNO2S/c1-6-3-2-4-9(5,7)8/h2-4H2. The molecule has 5 heteroatoms. The summed E-state index contributed by atoms with van der Waals surface area (Å²) >= 11 is 0. The minimum atomic E-state index is -3.37. The zero-order chi connectivity index (χ0) is 7.33. The molecule has 3 nitrogen and oxygen atoms in total. The highest BCUT2D eigenvalue weighted by Crippen LogP contribution is 1.98. The highest BCUT2D eigenvalue weighted by atomic mass is 35.7. The SMILES string of the molecule is [C-]#[N+]CCCS(=O)(=O)Cl. The van der Waals surface area contributed by atoms with Crippen LogP contribution in [0.4, 0.5) is 0 Å². The van der Waals surface area contributed by atoms with Crippen molar-refractivity contribution in [3.63, 3.8) is 0 Å². The Morgan fingerprint density at radius 2 is 2.11 bits per heavy atom. The van der Waals surface area contributed by atoms with Crippen molar-refractivity contribution in [2.45, 2.75) is 6.42 Å². The molecule has 0 saturated heterocycles. The third-order valence-corrected chi connectivity index (χ3v) is 1.90. The van der Waals surface area contributed by atoms with E-state index in [4.69, 9.17) is 17.3 Å². The number of nitrogens with zero attached hydrogens (tertiary/aromatic N) is 1. The van der Waals surface area contributed by atoms with Crippen LogP contribution in [0.5, 0.6) is 0 Å². The molecular formula is C4H6ClNO2S. The first kappa shape index (κ1) is 8.73. The minimum absolute atomic E-state index is 0.100. The van der Waals surface area contributed by atoms with Crippen molar-refractivity contribution < 1.29 is 8.42 Å². The van der Waals surface area contributed by atoms with Crippen LogP contribution in [-0.2, 0) is 9.05 Å². The third-order valence-electron chi connectivity index (χ3n) is 0.658. The minimum Gasteiger partial charge on any atom is -0.317 e. The lowest BCUT2D eigenvalue weighted by molar-refractivity contribution is 0.608. The predicted octanol–water partition coefficient (Wildman–Crippen LogP) is 0.864. The second kappa shape index (κ2) is 3.70. The molecule has 0 aromatic heterocycles. The molecule has 52 valence electrons. The van der Waals surface area contributed by atoms with Crippen LogP contribution in [-0.4, -0.2) is 20.7 Å². The highest BCUT2D eigenvalue weighted by molar-refractivity contribution is 8.13. The molecule has 0 aliphatic heterocycles. The van der Waals surface area contributed by atoms with Crippen LogP contribution in [0, 0.1) is 6.57 Å². The van der Waals surface area contributed by atoms with E-state index in [1.54, 1.807) is 0 Å². The molecule has 0 radical (unpaired) electrons. The average Bonchev–Trinajstić information content (AvgIpc) is 1.63. The molecule has 0 unspecified atom stereocenters. The summed E-state index contributed by atoms with van der Waals surface area (Å²) in [5.41, 5.74) is 0. The molecule has 0 atom stereocenters. The van der Waals surface area contributed by atoms with E-state index in [9.17, 15) is 8.42 Å². The molecule has 0 amide bonds. The topological polar surface area (TPSA) is 38.5 Å². The molecule has 0 rings (SSSR count). The maximum Gasteiger partial charge on any atom is 0.232 e. The summed E-state index contributed by atoms with van der Waals surface area (Å²) in [7, 11) is 1.47. The predicted molar refractivity (Wildman–Crippen MR) is 35.7 cm³/mol. The molecule has 9 heavy (non-hydrogen) atoms. The molecule has 0 saturated carbocycles. The van der Waals surface area contributed by atoms with E-state index in [1.807, 2.05) is 0 Å². The van der Waals surface area contributed by atoms with Gasteiger partial charge in [0.1, 0.15) is 0 Å². The zero-order valence-corrected chi connectivity index (χ0v) is 6.24. The first-order valence-electron chi connectivity index (χ1n) is 2.32. The largest absolute Gasteiger partial charge is 0.317 e. The van der Waals surface area contributed by atoms with Gasteiger partial charge in [0.05, 0.1) is 5.75 Å². The summed E-state index contributed by atoms with van der Waals surface area (Å²) < 4.78 is 20.3. The van der Waals surface area contributed by atoms with Gasteiger partial charge in [-0.1, -0.05) is 0 Å². The van der Waals surface area contributed by atoms with Gasteiger partial charge in [0.2, 0.25) is 15.6 Å². The fraction of sp³-hybridized carbons (Fsp3) is 0.750. The summed E-state index contributed by atoms with van der Waals surface area (Å²) in [5, 5.41) is 0. The van der Waals surface area contributed by atoms with E-state index in [2.05, 4.69) is 4.85 Å². The summed E-state index contributed by atoms with van der Waals surface area (Å²) in [6.45, 7) is 6.53. The van der Waals surface area contributed by atoms with Crippen molar-refractivity contribution in [2.24, 2.45) is 0 Å².